The zero-order valence-electron chi connectivity index (χ0n) is 10.6. The molecule has 0 spiro atoms. The Morgan fingerprint density at radius 3 is 2.25 bits per heavy atom. The van der Waals surface area contributed by atoms with E-state index in [2.05, 4.69) is 19.1 Å². The summed E-state index contributed by atoms with van der Waals surface area (Å²) in [6, 6.07) is 10.3. The number of hydrogen-bond acceptors (Lipinski definition) is 3. The number of nitrogens with zero attached hydrogens (tertiary/aromatic N) is 1. The first kappa shape index (κ1) is 13.2. The monoisotopic (exact) mass is 223 g/mol. The molecule has 0 N–H and O–H groups in total. The Kier molecular flexibility index (Phi) is 4.93. The lowest BCUT2D eigenvalue weighted by molar-refractivity contribution is -0.276. The van der Waals surface area contributed by atoms with Crippen molar-refractivity contribution in [2.45, 2.75) is 25.5 Å². The van der Waals surface area contributed by atoms with Gasteiger partial charge in [0.05, 0.1) is 7.11 Å². The second kappa shape index (κ2) is 5.99. The summed E-state index contributed by atoms with van der Waals surface area (Å²) in [5, 5.41) is 1.78. The van der Waals surface area contributed by atoms with E-state index in [0.29, 0.717) is 0 Å². The van der Waals surface area contributed by atoms with Gasteiger partial charge in [0.15, 0.2) is 0 Å². The van der Waals surface area contributed by atoms with Crippen LogP contribution in [0.3, 0.4) is 0 Å². The van der Waals surface area contributed by atoms with Crippen LogP contribution in [-0.2, 0) is 16.0 Å². The second-order valence-electron chi connectivity index (χ2n) is 3.85. The van der Waals surface area contributed by atoms with E-state index in [-0.39, 0.29) is 0 Å². The zero-order chi connectivity index (χ0) is 12.0. The summed E-state index contributed by atoms with van der Waals surface area (Å²) in [7, 11) is 5.28. The summed E-state index contributed by atoms with van der Waals surface area (Å²) in [6.45, 7) is 2.10. The van der Waals surface area contributed by atoms with E-state index in [1.807, 2.05) is 25.2 Å². The van der Waals surface area contributed by atoms with Gasteiger partial charge in [0.1, 0.15) is 5.72 Å². The Bertz CT molecular complexity index is 296. The first-order valence-electron chi connectivity index (χ1n) is 5.55. The van der Waals surface area contributed by atoms with Crippen molar-refractivity contribution in [1.82, 2.24) is 5.06 Å². The van der Waals surface area contributed by atoms with E-state index in [1.54, 1.807) is 19.3 Å². The molecule has 1 rings (SSSR count). The van der Waals surface area contributed by atoms with E-state index in [0.717, 1.165) is 12.8 Å². The van der Waals surface area contributed by atoms with Gasteiger partial charge in [-0.3, -0.25) is 4.84 Å². The van der Waals surface area contributed by atoms with Crippen molar-refractivity contribution in [3.8, 4) is 0 Å². The van der Waals surface area contributed by atoms with Crippen molar-refractivity contribution < 1.29 is 9.57 Å². The normalized spacial score (nSPS) is 15.1. The van der Waals surface area contributed by atoms with Crippen LogP contribution in [0.25, 0.3) is 0 Å². The van der Waals surface area contributed by atoms with Crippen molar-refractivity contribution >= 4 is 0 Å². The predicted molar refractivity (Wildman–Crippen MR) is 64.9 cm³/mol. The summed E-state index contributed by atoms with van der Waals surface area (Å²) < 4.78 is 5.64. The lowest BCUT2D eigenvalue weighted by Gasteiger charge is -2.38. The smallest absolute Gasteiger partial charge is 0.146 e. The van der Waals surface area contributed by atoms with Gasteiger partial charge in [0.25, 0.3) is 0 Å². The standard InChI is InChI=1S/C13H21NO2/c1-5-13(15-3,14(2)16-4)11-12-9-7-6-8-10-12/h6-10H,5,11H2,1-4H3. The van der Waals surface area contributed by atoms with Crippen LogP contribution in [0.4, 0.5) is 0 Å². The third-order valence-corrected chi connectivity index (χ3v) is 3.10. The van der Waals surface area contributed by atoms with Gasteiger partial charge in [0, 0.05) is 20.6 Å². The largest absolute Gasteiger partial charge is 0.361 e. The summed E-state index contributed by atoms with van der Waals surface area (Å²) in [5.41, 5.74) is 0.853. The van der Waals surface area contributed by atoms with Gasteiger partial charge < -0.3 is 4.74 Å². The van der Waals surface area contributed by atoms with E-state index in [9.17, 15) is 0 Å². The predicted octanol–water partition coefficient (Wildman–Crippen LogP) is 2.48. The molecular weight excluding hydrogens is 202 g/mol. The highest BCUT2D eigenvalue weighted by Gasteiger charge is 2.33. The Labute approximate surface area is 97.9 Å². The van der Waals surface area contributed by atoms with E-state index < -0.39 is 5.72 Å². The van der Waals surface area contributed by atoms with Crippen molar-refractivity contribution in [3.63, 3.8) is 0 Å². The molecule has 0 aliphatic heterocycles. The maximum atomic E-state index is 5.64. The van der Waals surface area contributed by atoms with Gasteiger partial charge >= 0.3 is 0 Å². The highest BCUT2D eigenvalue weighted by molar-refractivity contribution is 5.16. The average molecular weight is 223 g/mol. The highest BCUT2D eigenvalue weighted by Crippen LogP contribution is 2.24. The fraction of sp³-hybridized carbons (Fsp3) is 0.538. The van der Waals surface area contributed by atoms with Gasteiger partial charge in [-0.15, -0.1) is 0 Å². The number of likely N-dealkylation sites (N-methyl/N-ethyl adjacent to an activating group) is 1. The molecule has 0 saturated carbocycles. The Balaban J connectivity index is 2.86. The Morgan fingerprint density at radius 2 is 1.81 bits per heavy atom. The Hall–Kier alpha value is -0.900. The summed E-state index contributed by atoms with van der Waals surface area (Å²) in [5.74, 6) is 0. The number of rotatable bonds is 6. The van der Waals surface area contributed by atoms with Crippen LogP contribution in [0.2, 0.25) is 0 Å². The molecule has 0 aromatic heterocycles. The topological polar surface area (TPSA) is 21.7 Å². The van der Waals surface area contributed by atoms with Crippen LogP contribution in [0, 0.1) is 0 Å². The molecule has 0 aliphatic rings. The third kappa shape index (κ3) is 2.82. The molecule has 3 nitrogen and oxygen atoms in total. The summed E-state index contributed by atoms with van der Waals surface area (Å²) in [6.07, 6.45) is 1.67. The average Bonchev–Trinajstić information content (AvgIpc) is 2.36. The van der Waals surface area contributed by atoms with Crippen LogP contribution in [0.5, 0.6) is 0 Å². The molecule has 0 saturated heterocycles. The molecule has 0 bridgehead atoms. The van der Waals surface area contributed by atoms with Crippen molar-refractivity contribution in [2.75, 3.05) is 21.3 Å². The van der Waals surface area contributed by atoms with Gasteiger partial charge in [-0.25, -0.2) is 0 Å². The number of ether oxygens (including phenoxy) is 1. The van der Waals surface area contributed by atoms with Crippen LogP contribution in [-0.4, -0.2) is 32.1 Å². The summed E-state index contributed by atoms with van der Waals surface area (Å²) in [4.78, 5) is 5.28. The molecule has 0 heterocycles. The number of hydrogen-bond donors (Lipinski definition) is 0. The van der Waals surface area contributed by atoms with Gasteiger partial charge in [-0.2, -0.15) is 5.06 Å². The van der Waals surface area contributed by atoms with Gasteiger partial charge in [-0.05, 0) is 12.0 Å². The maximum absolute atomic E-state index is 5.64. The van der Waals surface area contributed by atoms with Crippen LogP contribution in [0.1, 0.15) is 18.9 Å². The molecular formula is C13H21NO2. The minimum Gasteiger partial charge on any atom is -0.361 e. The zero-order valence-corrected chi connectivity index (χ0v) is 10.6. The van der Waals surface area contributed by atoms with E-state index >= 15 is 0 Å². The lowest BCUT2D eigenvalue weighted by Crippen LogP contribution is -2.48. The molecule has 0 amide bonds. The molecule has 1 atom stereocenters. The second-order valence-corrected chi connectivity index (χ2v) is 3.85. The van der Waals surface area contributed by atoms with E-state index in [4.69, 9.17) is 9.57 Å². The fourth-order valence-corrected chi connectivity index (χ4v) is 1.89. The molecule has 90 valence electrons. The number of methoxy groups -OCH3 is 1. The molecule has 3 heteroatoms. The quantitative estimate of drug-likeness (QED) is 0.546. The lowest BCUT2D eigenvalue weighted by atomic mass is 10.00. The summed E-state index contributed by atoms with van der Waals surface area (Å²) >= 11 is 0. The molecule has 1 unspecified atom stereocenters. The molecule has 1 aromatic carbocycles. The molecule has 0 fully saturated rings. The first-order valence-corrected chi connectivity index (χ1v) is 5.55. The van der Waals surface area contributed by atoms with E-state index in [1.165, 1.54) is 5.56 Å². The molecule has 16 heavy (non-hydrogen) atoms. The molecule has 0 aliphatic carbocycles. The molecule has 0 radical (unpaired) electrons. The first-order chi connectivity index (χ1) is 7.68. The SMILES string of the molecule is CCC(Cc1ccccc1)(OC)N(C)OC. The number of hydroxylamine groups is 2. The molecule has 1 aromatic rings. The fourth-order valence-electron chi connectivity index (χ4n) is 1.89. The maximum Gasteiger partial charge on any atom is 0.146 e. The van der Waals surface area contributed by atoms with Crippen molar-refractivity contribution in [2.24, 2.45) is 0 Å². The Morgan fingerprint density at radius 1 is 1.19 bits per heavy atom. The highest BCUT2D eigenvalue weighted by atomic mass is 16.7. The third-order valence-electron chi connectivity index (χ3n) is 3.10. The van der Waals surface area contributed by atoms with Crippen LogP contribution < -0.4 is 0 Å². The van der Waals surface area contributed by atoms with Gasteiger partial charge in [0.2, 0.25) is 0 Å². The number of benzene rings is 1. The van der Waals surface area contributed by atoms with Crippen molar-refractivity contribution in [3.05, 3.63) is 35.9 Å². The van der Waals surface area contributed by atoms with Crippen LogP contribution >= 0.6 is 0 Å². The van der Waals surface area contributed by atoms with Gasteiger partial charge in [-0.1, -0.05) is 37.3 Å². The van der Waals surface area contributed by atoms with Crippen LogP contribution in [0.15, 0.2) is 30.3 Å². The minimum atomic E-state index is -0.393. The minimum absolute atomic E-state index is 0.393. The van der Waals surface area contributed by atoms with Crippen molar-refractivity contribution in [1.29, 1.82) is 0 Å².